The summed E-state index contributed by atoms with van der Waals surface area (Å²) in [7, 11) is 0. The largest absolute Gasteiger partial charge is 0.303 e. The molecule has 0 aromatic heterocycles. The van der Waals surface area contributed by atoms with Crippen molar-refractivity contribution >= 4 is 11.8 Å². The van der Waals surface area contributed by atoms with Crippen molar-refractivity contribution in [3.8, 4) is 0 Å². The van der Waals surface area contributed by atoms with Crippen LogP contribution in [0.15, 0.2) is 0 Å². The molecule has 0 spiro atoms. The van der Waals surface area contributed by atoms with Crippen LogP contribution in [0.1, 0.15) is 45.4 Å². The van der Waals surface area contributed by atoms with Crippen molar-refractivity contribution in [1.29, 1.82) is 0 Å². The summed E-state index contributed by atoms with van der Waals surface area (Å²) in [5, 5.41) is 0. The number of thioether (sulfide) groups is 1. The Labute approximate surface area is 93.6 Å². The molecule has 1 fully saturated rings. The van der Waals surface area contributed by atoms with E-state index < -0.39 is 0 Å². The zero-order chi connectivity index (χ0) is 10.1. The van der Waals surface area contributed by atoms with Gasteiger partial charge >= 0.3 is 0 Å². The molecule has 1 heterocycles. The zero-order valence-electron chi connectivity index (χ0n) is 9.63. The van der Waals surface area contributed by atoms with Gasteiger partial charge in [-0.3, -0.25) is 0 Å². The Morgan fingerprint density at radius 1 is 1.00 bits per heavy atom. The molecule has 0 saturated carbocycles. The van der Waals surface area contributed by atoms with Gasteiger partial charge < -0.3 is 4.90 Å². The monoisotopic (exact) mass is 215 g/mol. The number of unbranched alkanes of at least 4 members (excludes halogenated alkanes) is 2. The van der Waals surface area contributed by atoms with Crippen LogP contribution in [0.5, 0.6) is 0 Å². The lowest BCUT2D eigenvalue weighted by atomic mass is 10.1. The van der Waals surface area contributed by atoms with E-state index in [-0.39, 0.29) is 0 Å². The van der Waals surface area contributed by atoms with Gasteiger partial charge in [0.05, 0.1) is 0 Å². The van der Waals surface area contributed by atoms with E-state index in [4.69, 9.17) is 0 Å². The maximum absolute atomic E-state index is 2.64. The molecule has 1 aliphatic heterocycles. The predicted octanol–water partition coefficient (Wildman–Crippen LogP) is 3.40. The fraction of sp³-hybridized carbons (Fsp3) is 1.00. The van der Waals surface area contributed by atoms with Gasteiger partial charge in [0, 0.05) is 12.3 Å². The van der Waals surface area contributed by atoms with Crippen LogP contribution in [0.3, 0.4) is 0 Å². The summed E-state index contributed by atoms with van der Waals surface area (Å²) >= 11 is 2.15. The molecule has 1 rings (SSSR count). The Kier molecular flexibility index (Phi) is 7.61. The standard InChI is InChI=1S/C12H25NS/c1-2-3-7-11-14-12-10-13-8-5-4-6-9-13/h2-12H2,1H3. The average molecular weight is 215 g/mol. The van der Waals surface area contributed by atoms with Crippen molar-refractivity contribution < 1.29 is 0 Å². The van der Waals surface area contributed by atoms with E-state index in [0.717, 1.165) is 0 Å². The molecule has 1 saturated heterocycles. The first-order chi connectivity index (χ1) is 6.93. The molecule has 0 bridgehead atoms. The molecule has 1 aliphatic rings. The van der Waals surface area contributed by atoms with Gasteiger partial charge in [0.25, 0.3) is 0 Å². The van der Waals surface area contributed by atoms with Crippen LogP contribution in [-0.4, -0.2) is 36.0 Å². The summed E-state index contributed by atoms with van der Waals surface area (Å²) in [5.74, 6) is 2.73. The van der Waals surface area contributed by atoms with Gasteiger partial charge in [0.15, 0.2) is 0 Å². The lowest BCUT2D eigenvalue weighted by Crippen LogP contribution is -2.31. The molecule has 0 aliphatic carbocycles. The van der Waals surface area contributed by atoms with Crippen LogP contribution in [-0.2, 0) is 0 Å². The van der Waals surface area contributed by atoms with Crippen LogP contribution in [0.2, 0.25) is 0 Å². The summed E-state index contributed by atoms with van der Waals surface area (Å²) in [6, 6.07) is 0. The highest BCUT2D eigenvalue weighted by atomic mass is 32.2. The van der Waals surface area contributed by atoms with Crippen LogP contribution >= 0.6 is 11.8 Å². The molecular formula is C12H25NS. The van der Waals surface area contributed by atoms with Crippen LogP contribution in [0, 0.1) is 0 Å². The van der Waals surface area contributed by atoms with E-state index >= 15 is 0 Å². The maximum Gasteiger partial charge on any atom is 0.00723 e. The predicted molar refractivity (Wildman–Crippen MR) is 67.1 cm³/mol. The van der Waals surface area contributed by atoms with Crippen molar-refractivity contribution in [3.63, 3.8) is 0 Å². The second-order valence-electron chi connectivity index (χ2n) is 4.22. The average Bonchev–Trinajstić information content (AvgIpc) is 2.25. The lowest BCUT2D eigenvalue weighted by Gasteiger charge is -2.26. The zero-order valence-corrected chi connectivity index (χ0v) is 10.5. The second kappa shape index (κ2) is 8.60. The SMILES string of the molecule is CCCCCSCCN1CCCCC1. The minimum absolute atomic E-state index is 1.33. The Morgan fingerprint density at radius 3 is 2.50 bits per heavy atom. The molecule has 0 atom stereocenters. The number of nitrogens with zero attached hydrogens (tertiary/aromatic N) is 1. The number of rotatable bonds is 7. The fourth-order valence-corrected chi connectivity index (χ4v) is 2.93. The first kappa shape index (κ1) is 12.4. The summed E-state index contributed by atoms with van der Waals surface area (Å²) in [5.41, 5.74) is 0. The Hall–Kier alpha value is 0.310. The maximum atomic E-state index is 2.64. The third kappa shape index (κ3) is 5.92. The van der Waals surface area contributed by atoms with Crippen LogP contribution in [0.25, 0.3) is 0 Å². The van der Waals surface area contributed by atoms with Gasteiger partial charge in [-0.05, 0) is 38.1 Å². The number of likely N-dealkylation sites (tertiary alicyclic amines) is 1. The first-order valence-electron chi connectivity index (χ1n) is 6.23. The number of piperidine rings is 1. The van der Waals surface area contributed by atoms with E-state index in [9.17, 15) is 0 Å². The fourth-order valence-electron chi connectivity index (χ4n) is 1.93. The third-order valence-electron chi connectivity index (χ3n) is 2.89. The molecule has 0 radical (unpaired) electrons. The highest BCUT2D eigenvalue weighted by Gasteiger charge is 2.08. The molecular weight excluding hydrogens is 190 g/mol. The van der Waals surface area contributed by atoms with Crippen molar-refractivity contribution in [1.82, 2.24) is 4.90 Å². The first-order valence-corrected chi connectivity index (χ1v) is 7.39. The van der Waals surface area contributed by atoms with Gasteiger partial charge in [0.1, 0.15) is 0 Å². The van der Waals surface area contributed by atoms with Crippen LogP contribution in [0.4, 0.5) is 0 Å². The van der Waals surface area contributed by atoms with Gasteiger partial charge in [-0.25, -0.2) is 0 Å². The topological polar surface area (TPSA) is 3.24 Å². The van der Waals surface area contributed by atoms with Crippen molar-refractivity contribution in [2.45, 2.75) is 45.4 Å². The highest BCUT2D eigenvalue weighted by Crippen LogP contribution is 2.11. The number of hydrogen-bond acceptors (Lipinski definition) is 2. The van der Waals surface area contributed by atoms with Gasteiger partial charge in [-0.2, -0.15) is 11.8 Å². The van der Waals surface area contributed by atoms with E-state index in [1.54, 1.807) is 0 Å². The molecule has 1 nitrogen and oxygen atoms in total. The normalized spacial score (nSPS) is 18.6. The molecule has 0 N–H and O–H groups in total. The molecule has 0 aromatic rings. The molecule has 14 heavy (non-hydrogen) atoms. The quantitative estimate of drug-likeness (QED) is 0.599. The van der Waals surface area contributed by atoms with E-state index in [2.05, 4.69) is 23.6 Å². The smallest absolute Gasteiger partial charge is 0.00723 e. The van der Waals surface area contributed by atoms with Gasteiger partial charge in [-0.1, -0.05) is 26.2 Å². The van der Waals surface area contributed by atoms with Crippen molar-refractivity contribution in [2.75, 3.05) is 31.1 Å². The Bertz CT molecular complexity index is 121. The Balaban J connectivity index is 1.82. The second-order valence-corrected chi connectivity index (χ2v) is 5.45. The summed E-state index contributed by atoms with van der Waals surface area (Å²) in [6.45, 7) is 6.32. The summed E-state index contributed by atoms with van der Waals surface area (Å²) in [6.07, 6.45) is 8.51. The van der Waals surface area contributed by atoms with E-state index in [1.165, 1.54) is 69.7 Å². The minimum Gasteiger partial charge on any atom is -0.303 e. The molecule has 0 aromatic carbocycles. The third-order valence-corrected chi connectivity index (χ3v) is 3.94. The molecule has 0 unspecified atom stereocenters. The number of hydrogen-bond donors (Lipinski definition) is 0. The lowest BCUT2D eigenvalue weighted by molar-refractivity contribution is 0.242. The van der Waals surface area contributed by atoms with E-state index in [0.29, 0.717) is 0 Å². The van der Waals surface area contributed by atoms with Gasteiger partial charge in [0.2, 0.25) is 0 Å². The highest BCUT2D eigenvalue weighted by molar-refractivity contribution is 7.99. The summed E-state index contributed by atoms with van der Waals surface area (Å²) in [4.78, 5) is 2.64. The van der Waals surface area contributed by atoms with Crippen LogP contribution < -0.4 is 0 Å². The molecule has 84 valence electrons. The Morgan fingerprint density at radius 2 is 1.79 bits per heavy atom. The van der Waals surface area contributed by atoms with E-state index in [1.807, 2.05) is 0 Å². The molecule has 0 amide bonds. The minimum atomic E-state index is 1.33. The molecule has 2 heteroatoms. The summed E-state index contributed by atoms with van der Waals surface area (Å²) < 4.78 is 0. The van der Waals surface area contributed by atoms with Crippen molar-refractivity contribution in [3.05, 3.63) is 0 Å². The van der Waals surface area contributed by atoms with Crippen molar-refractivity contribution in [2.24, 2.45) is 0 Å². The van der Waals surface area contributed by atoms with Gasteiger partial charge in [-0.15, -0.1) is 0 Å².